The molecule has 1 heterocycles. The summed E-state index contributed by atoms with van der Waals surface area (Å²) < 4.78 is 2.28. The van der Waals surface area contributed by atoms with Crippen molar-refractivity contribution in [3.05, 3.63) is 30.1 Å². The van der Waals surface area contributed by atoms with Gasteiger partial charge in [0.2, 0.25) is 0 Å². The van der Waals surface area contributed by atoms with E-state index >= 15 is 0 Å². The van der Waals surface area contributed by atoms with Crippen LogP contribution in [0.25, 0.3) is 11.0 Å². The van der Waals surface area contributed by atoms with Crippen molar-refractivity contribution in [1.82, 2.24) is 14.9 Å². The number of rotatable bonds is 4. The lowest BCUT2D eigenvalue weighted by Gasteiger charge is -2.25. The van der Waals surface area contributed by atoms with Crippen LogP contribution >= 0.6 is 0 Å². The third-order valence-electron chi connectivity index (χ3n) is 4.95. The summed E-state index contributed by atoms with van der Waals surface area (Å²) in [7, 11) is 2.16. The van der Waals surface area contributed by atoms with Crippen LogP contribution in [0.15, 0.2) is 24.3 Å². The van der Waals surface area contributed by atoms with Crippen LogP contribution in [0, 0.1) is 5.92 Å². The number of fused-ring (bicyclic) bond motifs is 1. The highest BCUT2D eigenvalue weighted by molar-refractivity contribution is 5.75. The van der Waals surface area contributed by atoms with Gasteiger partial charge in [0.05, 0.1) is 11.0 Å². The van der Waals surface area contributed by atoms with Crippen molar-refractivity contribution in [2.75, 3.05) is 6.54 Å². The second kappa shape index (κ2) is 6.61. The van der Waals surface area contributed by atoms with Crippen LogP contribution in [-0.4, -0.2) is 22.1 Å². The van der Waals surface area contributed by atoms with Gasteiger partial charge in [-0.25, -0.2) is 4.98 Å². The molecule has 0 saturated heterocycles. The fraction of sp³-hybridized carbons (Fsp3) is 0.611. The van der Waals surface area contributed by atoms with Crippen LogP contribution in [-0.2, 0) is 13.5 Å². The van der Waals surface area contributed by atoms with E-state index in [4.69, 9.17) is 4.98 Å². The zero-order valence-corrected chi connectivity index (χ0v) is 13.3. The van der Waals surface area contributed by atoms with Crippen LogP contribution in [0.3, 0.4) is 0 Å². The third kappa shape index (κ3) is 3.13. The maximum Gasteiger partial charge on any atom is 0.109 e. The van der Waals surface area contributed by atoms with Crippen LogP contribution in [0.1, 0.15) is 44.9 Å². The number of benzene rings is 1. The van der Waals surface area contributed by atoms with Crippen LogP contribution in [0.2, 0.25) is 0 Å². The number of para-hydroxylation sites is 2. The highest BCUT2D eigenvalue weighted by Gasteiger charge is 2.24. The molecule has 1 N–H and O–H groups in total. The van der Waals surface area contributed by atoms with E-state index in [0.717, 1.165) is 24.4 Å². The summed E-state index contributed by atoms with van der Waals surface area (Å²) in [5.74, 6) is 1.97. The van der Waals surface area contributed by atoms with Gasteiger partial charge in [0.25, 0.3) is 0 Å². The quantitative estimate of drug-likeness (QED) is 0.869. The van der Waals surface area contributed by atoms with Crippen molar-refractivity contribution in [2.45, 2.75) is 51.5 Å². The maximum atomic E-state index is 4.87. The molecule has 3 rings (SSSR count). The zero-order valence-electron chi connectivity index (χ0n) is 13.3. The lowest BCUT2D eigenvalue weighted by molar-refractivity contribution is 0.331. The van der Waals surface area contributed by atoms with Gasteiger partial charge in [-0.1, -0.05) is 38.3 Å². The summed E-state index contributed by atoms with van der Waals surface area (Å²) in [6.45, 7) is 3.29. The number of hydrogen-bond acceptors (Lipinski definition) is 2. The molecule has 1 aliphatic carbocycles. The molecule has 0 aliphatic heterocycles. The van der Waals surface area contributed by atoms with Crippen LogP contribution < -0.4 is 5.32 Å². The van der Waals surface area contributed by atoms with E-state index in [-0.39, 0.29) is 0 Å². The highest BCUT2D eigenvalue weighted by atomic mass is 15.1. The summed E-state index contributed by atoms with van der Waals surface area (Å²) in [5.41, 5.74) is 2.38. The average Bonchev–Trinajstić information content (AvgIpc) is 2.67. The topological polar surface area (TPSA) is 29.9 Å². The first kappa shape index (κ1) is 14.6. The largest absolute Gasteiger partial charge is 0.331 e. The molecule has 1 aliphatic rings. The Labute approximate surface area is 127 Å². The SMILES string of the molecule is CCNC1CCCCCC1Cc1nc2ccccc2n1C. The minimum atomic E-state index is 0.664. The molecule has 0 radical (unpaired) electrons. The van der Waals surface area contributed by atoms with Gasteiger partial charge in [0, 0.05) is 19.5 Å². The van der Waals surface area contributed by atoms with Crippen molar-refractivity contribution in [2.24, 2.45) is 13.0 Å². The van der Waals surface area contributed by atoms with Gasteiger partial charge in [-0.3, -0.25) is 0 Å². The monoisotopic (exact) mass is 285 g/mol. The molecular weight excluding hydrogens is 258 g/mol. The molecule has 2 unspecified atom stereocenters. The van der Waals surface area contributed by atoms with E-state index in [1.807, 2.05) is 0 Å². The number of nitrogens with one attached hydrogen (secondary N) is 1. The Morgan fingerprint density at radius 3 is 2.81 bits per heavy atom. The lowest BCUT2D eigenvalue weighted by Crippen LogP contribution is -2.36. The Morgan fingerprint density at radius 2 is 2.00 bits per heavy atom. The van der Waals surface area contributed by atoms with E-state index in [1.54, 1.807) is 0 Å². The Balaban J connectivity index is 1.83. The van der Waals surface area contributed by atoms with Gasteiger partial charge >= 0.3 is 0 Å². The molecule has 114 valence electrons. The average molecular weight is 285 g/mol. The standard InChI is InChI=1S/C18H27N3/c1-3-19-15-10-6-4-5-9-14(15)13-18-20-16-11-7-8-12-17(16)21(18)2/h7-8,11-12,14-15,19H,3-6,9-10,13H2,1-2H3. The van der Waals surface area contributed by atoms with E-state index in [2.05, 4.69) is 48.1 Å². The van der Waals surface area contributed by atoms with Gasteiger partial charge in [0.15, 0.2) is 0 Å². The smallest absolute Gasteiger partial charge is 0.109 e. The van der Waals surface area contributed by atoms with Crippen molar-refractivity contribution in [3.8, 4) is 0 Å². The first-order valence-electron chi connectivity index (χ1n) is 8.43. The molecule has 21 heavy (non-hydrogen) atoms. The number of nitrogens with zero attached hydrogens (tertiary/aromatic N) is 2. The first-order valence-corrected chi connectivity index (χ1v) is 8.43. The minimum Gasteiger partial charge on any atom is -0.331 e. The Hall–Kier alpha value is -1.35. The number of aryl methyl sites for hydroxylation is 1. The molecule has 0 bridgehead atoms. The molecule has 2 aromatic rings. The minimum absolute atomic E-state index is 0.664. The summed E-state index contributed by atoms with van der Waals surface area (Å²) in [6.07, 6.45) is 7.89. The molecule has 1 saturated carbocycles. The van der Waals surface area contributed by atoms with Crippen molar-refractivity contribution in [3.63, 3.8) is 0 Å². The van der Waals surface area contributed by atoms with Crippen molar-refractivity contribution < 1.29 is 0 Å². The molecule has 1 aromatic carbocycles. The fourth-order valence-corrected chi connectivity index (χ4v) is 3.77. The van der Waals surface area contributed by atoms with E-state index < -0.39 is 0 Å². The second-order valence-corrected chi connectivity index (χ2v) is 6.34. The predicted molar refractivity (Wildman–Crippen MR) is 88.5 cm³/mol. The van der Waals surface area contributed by atoms with Gasteiger partial charge in [-0.15, -0.1) is 0 Å². The predicted octanol–water partition coefficient (Wildman–Crippen LogP) is 3.67. The summed E-state index contributed by atoms with van der Waals surface area (Å²) >= 11 is 0. The van der Waals surface area contributed by atoms with Crippen molar-refractivity contribution >= 4 is 11.0 Å². The van der Waals surface area contributed by atoms with Crippen molar-refractivity contribution in [1.29, 1.82) is 0 Å². The molecule has 1 fully saturated rings. The Bertz CT molecular complexity index is 587. The number of hydrogen-bond donors (Lipinski definition) is 1. The highest BCUT2D eigenvalue weighted by Crippen LogP contribution is 2.27. The Kier molecular flexibility index (Phi) is 4.59. The van der Waals surface area contributed by atoms with Crippen LogP contribution in [0.4, 0.5) is 0 Å². The fourth-order valence-electron chi connectivity index (χ4n) is 3.77. The zero-order chi connectivity index (χ0) is 14.7. The lowest BCUT2D eigenvalue weighted by atomic mass is 9.91. The molecular formula is C18H27N3. The van der Waals surface area contributed by atoms with Gasteiger partial charge in [0.1, 0.15) is 5.82 Å². The summed E-state index contributed by atoms with van der Waals surface area (Å²) in [6, 6.07) is 9.12. The molecule has 0 amide bonds. The van der Waals surface area contributed by atoms with E-state index in [0.29, 0.717) is 6.04 Å². The third-order valence-corrected chi connectivity index (χ3v) is 4.95. The van der Waals surface area contributed by atoms with Gasteiger partial charge < -0.3 is 9.88 Å². The van der Waals surface area contributed by atoms with E-state index in [9.17, 15) is 0 Å². The Morgan fingerprint density at radius 1 is 1.19 bits per heavy atom. The normalized spacial score (nSPS) is 23.3. The number of imidazole rings is 1. The summed E-state index contributed by atoms with van der Waals surface area (Å²) in [5, 5.41) is 3.71. The molecule has 1 aromatic heterocycles. The van der Waals surface area contributed by atoms with Crippen LogP contribution in [0.5, 0.6) is 0 Å². The molecule has 3 heteroatoms. The number of aromatic nitrogens is 2. The van der Waals surface area contributed by atoms with Gasteiger partial charge in [-0.05, 0) is 37.4 Å². The van der Waals surface area contributed by atoms with Gasteiger partial charge in [-0.2, -0.15) is 0 Å². The summed E-state index contributed by atoms with van der Waals surface area (Å²) in [4.78, 5) is 4.87. The second-order valence-electron chi connectivity index (χ2n) is 6.34. The van der Waals surface area contributed by atoms with E-state index in [1.165, 1.54) is 43.4 Å². The maximum absolute atomic E-state index is 4.87. The molecule has 0 spiro atoms. The first-order chi connectivity index (χ1) is 10.3. The molecule has 3 nitrogen and oxygen atoms in total. The molecule has 2 atom stereocenters.